The second-order valence-electron chi connectivity index (χ2n) is 7.27. The molecule has 31 heavy (non-hydrogen) atoms. The molecular formula is C24H19ClN2O3S. The highest BCUT2D eigenvalue weighted by molar-refractivity contribution is 7.80. The number of hydrogen-bond donors (Lipinski definition) is 1. The monoisotopic (exact) mass is 450 g/mol. The Labute approximate surface area is 190 Å². The second kappa shape index (κ2) is 8.49. The summed E-state index contributed by atoms with van der Waals surface area (Å²) in [6, 6.07) is 18.3. The quantitative estimate of drug-likeness (QED) is 0.341. The Kier molecular flexibility index (Phi) is 5.76. The Morgan fingerprint density at radius 1 is 1.03 bits per heavy atom. The molecule has 0 atom stereocenters. The van der Waals surface area contributed by atoms with Crippen molar-refractivity contribution in [3.8, 4) is 5.75 Å². The van der Waals surface area contributed by atoms with Gasteiger partial charge in [-0.25, -0.2) is 0 Å². The number of ether oxygens (including phenoxy) is 1. The van der Waals surface area contributed by atoms with Crippen LogP contribution in [0.3, 0.4) is 0 Å². The molecule has 0 radical (unpaired) electrons. The molecule has 1 N–H and O–H groups in total. The molecule has 1 aliphatic heterocycles. The van der Waals surface area contributed by atoms with E-state index in [1.54, 1.807) is 30.3 Å². The number of halogens is 1. The van der Waals surface area contributed by atoms with Crippen LogP contribution in [0, 0.1) is 0 Å². The van der Waals surface area contributed by atoms with Crippen LogP contribution in [0.4, 0.5) is 5.69 Å². The number of hydrogen-bond acceptors (Lipinski definition) is 4. The maximum absolute atomic E-state index is 13.4. The molecule has 7 heteroatoms. The highest BCUT2D eigenvalue weighted by Gasteiger charge is 2.35. The Morgan fingerprint density at radius 2 is 1.74 bits per heavy atom. The summed E-state index contributed by atoms with van der Waals surface area (Å²) in [7, 11) is 0. The molecular weight excluding hydrogens is 432 g/mol. The Bertz CT molecular complexity index is 1250. The predicted molar refractivity (Wildman–Crippen MR) is 127 cm³/mol. The molecule has 0 unspecified atom stereocenters. The fourth-order valence-electron chi connectivity index (χ4n) is 3.43. The standard InChI is InChI=1S/C24H19ClN2O3S/c1-14(2)30-21-12-11-15-7-3-4-8-16(15)17(21)13-18-22(28)26-24(31)27(23(18)29)20-10-6-5-9-19(20)25/h3-14H,1-2H3,(H,26,28,31)/b18-13+. The maximum Gasteiger partial charge on any atom is 0.270 e. The molecule has 0 bridgehead atoms. The molecule has 0 spiro atoms. The number of rotatable bonds is 4. The molecule has 5 nitrogen and oxygen atoms in total. The van der Waals surface area contributed by atoms with Crippen molar-refractivity contribution in [2.75, 3.05) is 4.90 Å². The van der Waals surface area contributed by atoms with Gasteiger partial charge in [-0.1, -0.05) is 54.1 Å². The summed E-state index contributed by atoms with van der Waals surface area (Å²) < 4.78 is 5.97. The van der Waals surface area contributed by atoms with Crippen molar-refractivity contribution in [1.82, 2.24) is 5.32 Å². The van der Waals surface area contributed by atoms with E-state index in [9.17, 15) is 9.59 Å². The smallest absolute Gasteiger partial charge is 0.270 e. The molecule has 1 fully saturated rings. The third-order valence-electron chi connectivity index (χ3n) is 4.78. The summed E-state index contributed by atoms with van der Waals surface area (Å²) >= 11 is 11.6. The van der Waals surface area contributed by atoms with Gasteiger partial charge in [0.1, 0.15) is 11.3 Å². The van der Waals surface area contributed by atoms with Gasteiger partial charge in [0.2, 0.25) is 0 Å². The molecule has 3 aromatic carbocycles. The molecule has 3 aromatic rings. The van der Waals surface area contributed by atoms with Crippen LogP contribution in [-0.2, 0) is 9.59 Å². The fourth-order valence-corrected chi connectivity index (χ4v) is 3.93. The van der Waals surface area contributed by atoms with E-state index in [0.29, 0.717) is 22.0 Å². The van der Waals surface area contributed by atoms with Crippen LogP contribution in [0.1, 0.15) is 19.4 Å². The first-order valence-electron chi connectivity index (χ1n) is 9.71. The van der Waals surface area contributed by atoms with Crippen molar-refractivity contribution in [1.29, 1.82) is 0 Å². The number of carbonyl (C=O) groups is 2. The number of anilines is 1. The Hall–Kier alpha value is -3.22. The summed E-state index contributed by atoms with van der Waals surface area (Å²) in [5.74, 6) is -0.536. The van der Waals surface area contributed by atoms with Crippen LogP contribution in [0.2, 0.25) is 5.02 Å². The summed E-state index contributed by atoms with van der Waals surface area (Å²) in [5.41, 5.74) is 0.998. The Balaban J connectivity index is 1.88. The lowest BCUT2D eigenvalue weighted by molar-refractivity contribution is -0.122. The lowest BCUT2D eigenvalue weighted by atomic mass is 9.99. The Morgan fingerprint density at radius 3 is 2.48 bits per heavy atom. The lowest BCUT2D eigenvalue weighted by Gasteiger charge is -2.29. The zero-order valence-corrected chi connectivity index (χ0v) is 18.5. The number of benzene rings is 3. The highest BCUT2D eigenvalue weighted by Crippen LogP contribution is 2.33. The second-order valence-corrected chi connectivity index (χ2v) is 8.07. The predicted octanol–water partition coefficient (Wildman–Crippen LogP) is 5.11. The molecule has 1 heterocycles. The van der Waals surface area contributed by atoms with E-state index in [1.807, 2.05) is 50.2 Å². The number of fused-ring (bicyclic) bond motifs is 1. The molecule has 0 saturated carbocycles. The minimum absolute atomic E-state index is 0.0168. The van der Waals surface area contributed by atoms with Crippen molar-refractivity contribution >= 4 is 63.3 Å². The van der Waals surface area contributed by atoms with Gasteiger partial charge in [-0.2, -0.15) is 0 Å². The van der Waals surface area contributed by atoms with Crippen molar-refractivity contribution < 1.29 is 14.3 Å². The van der Waals surface area contributed by atoms with E-state index >= 15 is 0 Å². The SMILES string of the molecule is CC(C)Oc1ccc2ccccc2c1/C=C1\C(=O)NC(=S)N(c2ccccc2Cl)C1=O. The van der Waals surface area contributed by atoms with Crippen LogP contribution in [0.15, 0.2) is 66.2 Å². The molecule has 1 aliphatic rings. The first-order valence-corrected chi connectivity index (χ1v) is 10.5. The van der Waals surface area contributed by atoms with Gasteiger partial charge in [0.05, 0.1) is 16.8 Å². The average molecular weight is 451 g/mol. The molecule has 0 aliphatic carbocycles. The normalized spacial score (nSPS) is 15.7. The van der Waals surface area contributed by atoms with Crippen LogP contribution < -0.4 is 15.0 Å². The third-order valence-corrected chi connectivity index (χ3v) is 5.38. The van der Waals surface area contributed by atoms with E-state index in [-0.39, 0.29) is 16.8 Å². The first kappa shape index (κ1) is 21.0. The number of para-hydroxylation sites is 1. The summed E-state index contributed by atoms with van der Waals surface area (Å²) in [4.78, 5) is 27.4. The van der Waals surface area contributed by atoms with E-state index in [2.05, 4.69) is 5.32 Å². The summed E-state index contributed by atoms with van der Waals surface area (Å²) in [6.07, 6.45) is 1.48. The lowest BCUT2D eigenvalue weighted by Crippen LogP contribution is -2.54. The largest absolute Gasteiger partial charge is 0.490 e. The molecule has 1 saturated heterocycles. The zero-order chi connectivity index (χ0) is 22.1. The van der Waals surface area contributed by atoms with Crippen LogP contribution in [0.25, 0.3) is 16.8 Å². The fraction of sp³-hybridized carbons (Fsp3) is 0.125. The van der Waals surface area contributed by atoms with Crippen molar-refractivity contribution in [3.05, 3.63) is 76.8 Å². The maximum atomic E-state index is 13.4. The zero-order valence-electron chi connectivity index (χ0n) is 16.9. The van der Waals surface area contributed by atoms with Crippen LogP contribution in [-0.4, -0.2) is 23.0 Å². The number of nitrogens with one attached hydrogen (secondary N) is 1. The molecule has 4 rings (SSSR count). The van der Waals surface area contributed by atoms with Crippen LogP contribution >= 0.6 is 23.8 Å². The minimum atomic E-state index is -0.568. The van der Waals surface area contributed by atoms with Gasteiger partial charge < -0.3 is 4.74 Å². The average Bonchev–Trinajstić information content (AvgIpc) is 2.73. The van der Waals surface area contributed by atoms with Gasteiger partial charge in [-0.3, -0.25) is 19.8 Å². The van der Waals surface area contributed by atoms with Gasteiger partial charge in [0, 0.05) is 5.56 Å². The van der Waals surface area contributed by atoms with E-state index in [1.165, 1.54) is 4.90 Å². The highest BCUT2D eigenvalue weighted by atomic mass is 35.5. The number of thiocarbonyl (C=S) groups is 1. The topological polar surface area (TPSA) is 58.6 Å². The number of nitrogens with zero attached hydrogens (tertiary/aromatic N) is 1. The van der Waals surface area contributed by atoms with Crippen molar-refractivity contribution in [2.24, 2.45) is 0 Å². The third kappa shape index (κ3) is 4.04. The van der Waals surface area contributed by atoms with Gasteiger partial charge in [0.15, 0.2) is 5.11 Å². The first-order chi connectivity index (χ1) is 14.9. The summed E-state index contributed by atoms with van der Waals surface area (Å²) in [6.45, 7) is 3.84. The van der Waals surface area contributed by atoms with Gasteiger partial charge >= 0.3 is 0 Å². The van der Waals surface area contributed by atoms with E-state index in [0.717, 1.165) is 10.8 Å². The molecule has 0 aromatic heterocycles. The van der Waals surface area contributed by atoms with Crippen molar-refractivity contribution in [2.45, 2.75) is 20.0 Å². The van der Waals surface area contributed by atoms with Gasteiger partial charge in [0.25, 0.3) is 11.8 Å². The molecule has 2 amide bonds. The number of amides is 2. The minimum Gasteiger partial charge on any atom is -0.490 e. The van der Waals surface area contributed by atoms with Gasteiger partial charge in [-0.15, -0.1) is 0 Å². The van der Waals surface area contributed by atoms with Crippen molar-refractivity contribution in [3.63, 3.8) is 0 Å². The molecule has 156 valence electrons. The van der Waals surface area contributed by atoms with Gasteiger partial charge in [-0.05, 0) is 61.1 Å². The number of carbonyl (C=O) groups excluding carboxylic acids is 2. The summed E-state index contributed by atoms with van der Waals surface area (Å²) in [5, 5.41) is 4.76. The van der Waals surface area contributed by atoms with Crippen LogP contribution in [0.5, 0.6) is 5.75 Å². The van der Waals surface area contributed by atoms with E-state index < -0.39 is 11.8 Å². The van der Waals surface area contributed by atoms with E-state index in [4.69, 9.17) is 28.6 Å².